The predicted molar refractivity (Wildman–Crippen MR) is 137 cm³/mol. The number of amides is 1. The number of morpholine rings is 1. The highest BCUT2D eigenvalue weighted by Crippen LogP contribution is 2.28. The molecule has 6 N–H and O–H groups in total. The third-order valence-corrected chi connectivity index (χ3v) is 7.02. The summed E-state index contributed by atoms with van der Waals surface area (Å²) in [5.74, 6) is -1.15. The number of benzene rings is 1. The van der Waals surface area contributed by atoms with Gasteiger partial charge in [0.1, 0.15) is 5.82 Å². The summed E-state index contributed by atoms with van der Waals surface area (Å²) in [5.41, 5.74) is 13.4. The van der Waals surface area contributed by atoms with Crippen molar-refractivity contribution in [1.82, 2.24) is 19.7 Å². The van der Waals surface area contributed by atoms with Crippen molar-refractivity contribution in [2.75, 3.05) is 43.5 Å². The van der Waals surface area contributed by atoms with Crippen LogP contribution in [0.25, 0.3) is 10.9 Å². The molecule has 1 amide bonds. The Morgan fingerprint density at radius 3 is 2.72 bits per heavy atom. The molecule has 1 saturated heterocycles. The normalized spacial score (nSPS) is 20.9. The second kappa shape index (κ2) is 10.8. The van der Waals surface area contributed by atoms with Gasteiger partial charge in [-0.15, -0.1) is 0 Å². The van der Waals surface area contributed by atoms with Crippen LogP contribution in [0, 0.1) is 5.82 Å². The molecule has 11 heteroatoms. The van der Waals surface area contributed by atoms with Crippen molar-refractivity contribution in [3.8, 4) is 0 Å². The summed E-state index contributed by atoms with van der Waals surface area (Å²) in [5, 5.41) is 11.8. The number of hydrogen-bond acceptors (Lipinski definition) is 8. The smallest absolute Gasteiger partial charge is 0.252 e. The van der Waals surface area contributed by atoms with Gasteiger partial charge in [0.25, 0.3) is 5.91 Å². The number of nitrogens with two attached hydrogens (primary N) is 2. The van der Waals surface area contributed by atoms with E-state index in [9.17, 15) is 9.18 Å². The average molecular weight is 497 g/mol. The number of primary amides is 1. The summed E-state index contributed by atoms with van der Waals surface area (Å²) < 4.78 is 22.2. The number of halogens is 1. The molecule has 36 heavy (non-hydrogen) atoms. The van der Waals surface area contributed by atoms with Gasteiger partial charge in [-0.1, -0.05) is 12.8 Å². The number of fused-ring (bicyclic) bond motifs is 1. The van der Waals surface area contributed by atoms with Crippen molar-refractivity contribution < 1.29 is 13.9 Å². The van der Waals surface area contributed by atoms with Crippen LogP contribution in [0.5, 0.6) is 0 Å². The van der Waals surface area contributed by atoms with Crippen LogP contribution >= 0.6 is 0 Å². The lowest BCUT2D eigenvalue weighted by molar-refractivity contribution is 0.0361. The number of carbonyl (C=O) groups is 1. The van der Waals surface area contributed by atoms with Crippen molar-refractivity contribution >= 4 is 34.1 Å². The monoisotopic (exact) mass is 496 g/mol. The van der Waals surface area contributed by atoms with Crippen molar-refractivity contribution in [2.45, 2.75) is 44.3 Å². The van der Waals surface area contributed by atoms with Gasteiger partial charge >= 0.3 is 0 Å². The molecule has 0 radical (unpaired) electrons. The highest BCUT2D eigenvalue weighted by molar-refractivity contribution is 5.99. The third kappa shape index (κ3) is 5.43. The molecule has 1 saturated carbocycles. The van der Waals surface area contributed by atoms with Gasteiger partial charge in [0.05, 0.1) is 37.0 Å². The van der Waals surface area contributed by atoms with E-state index in [1.54, 1.807) is 0 Å². The maximum atomic E-state index is 14.8. The molecule has 192 valence electrons. The number of aromatic nitrogens is 3. The topological polar surface area (TPSA) is 136 Å². The first-order valence-electron chi connectivity index (χ1n) is 12.5. The molecule has 5 rings (SSSR count). The van der Waals surface area contributed by atoms with Crippen LogP contribution in [0.15, 0.2) is 30.5 Å². The van der Waals surface area contributed by atoms with E-state index in [1.165, 1.54) is 0 Å². The number of anilines is 3. The van der Waals surface area contributed by atoms with Gasteiger partial charge in [0.2, 0.25) is 0 Å². The van der Waals surface area contributed by atoms with Crippen LogP contribution in [0.1, 0.15) is 36.0 Å². The van der Waals surface area contributed by atoms with Gasteiger partial charge in [-0.2, -0.15) is 5.10 Å². The van der Waals surface area contributed by atoms with E-state index in [4.69, 9.17) is 16.2 Å². The lowest BCUT2D eigenvalue weighted by Gasteiger charge is -2.30. The molecular weight excluding hydrogens is 463 g/mol. The fourth-order valence-electron chi connectivity index (χ4n) is 4.93. The second-order valence-corrected chi connectivity index (χ2v) is 9.50. The van der Waals surface area contributed by atoms with Gasteiger partial charge in [-0.25, -0.2) is 9.37 Å². The molecule has 3 aromatic rings. The zero-order valence-corrected chi connectivity index (χ0v) is 20.3. The first kappa shape index (κ1) is 24.4. The summed E-state index contributed by atoms with van der Waals surface area (Å²) in [6.07, 6.45) is 5.62. The minimum Gasteiger partial charge on any atom is -0.379 e. The molecule has 1 aromatic carbocycles. The molecule has 1 aliphatic carbocycles. The molecular formula is C25H33FN8O2. The fourth-order valence-corrected chi connectivity index (χ4v) is 4.93. The Balaban J connectivity index is 1.35. The average Bonchev–Trinajstić information content (AvgIpc) is 3.28. The maximum absolute atomic E-state index is 14.8. The lowest BCUT2D eigenvalue weighted by atomic mass is 9.91. The Morgan fingerprint density at radius 1 is 1.14 bits per heavy atom. The molecule has 3 heterocycles. The summed E-state index contributed by atoms with van der Waals surface area (Å²) >= 11 is 0. The molecule has 2 atom stereocenters. The lowest BCUT2D eigenvalue weighted by Crippen LogP contribution is -2.43. The standard InChI is InChI=1S/C25H33FN8O2/c26-19-14-18(23(28)35)24(32-25(19)31-21-4-2-1-3-20(21)27)30-17-5-6-22-16(13-17)15-29-34(22)8-7-33-9-11-36-12-10-33/h5-6,13-15,20-21H,1-4,7-12,27H2,(H2,28,35)(H2,30,31,32)/t20-,21+/m0/s1. The van der Waals surface area contributed by atoms with E-state index in [2.05, 4.69) is 25.6 Å². The molecule has 2 aliphatic rings. The van der Waals surface area contributed by atoms with Crippen molar-refractivity contribution in [3.63, 3.8) is 0 Å². The van der Waals surface area contributed by atoms with Crippen molar-refractivity contribution in [3.05, 3.63) is 41.8 Å². The van der Waals surface area contributed by atoms with Crippen molar-refractivity contribution in [2.24, 2.45) is 11.5 Å². The molecule has 0 spiro atoms. The summed E-state index contributed by atoms with van der Waals surface area (Å²) in [4.78, 5) is 18.8. The van der Waals surface area contributed by atoms with E-state index >= 15 is 0 Å². The number of ether oxygens (including phenoxy) is 1. The molecule has 2 fully saturated rings. The quantitative estimate of drug-likeness (QED) is 0.373. The summed E-state index contributed by atoms with van der Waals surface area (Å²) in [6.45, 7) is 5.09. The number of nitrogens with zero attached hydrogens (tertiary/aromatic N) is 4. The largest absolute Gasteiger partial charge is 0.379 e. The maximum Gasteiger partial charge on any atom is 0.252 e. The van der Waals surface area contributed by atoms with E-state index in [1.807, 2.05) is 29.1 Å². The predicted octanol–water partition coefficient (Wildman–Crippen LogP) is 2.43. The first-order valence-corrected chi connectivity index (χ1v) is 12.5. The van der Waals surface area contributed by atoms with Crippen LogP contribution in [-0.2, 0) is 11.3 Å². The molecule has 0 bridgehead atoms. The number of pyridine rings is 1. The summed E-state index contributed by atoms with van der Waals surface area (Å²) in [7, 11) is 0. The van der Waals surface area contributed by atoms with Crippen LogP contribution < -0.4 is 22.1 Å². The Labute approximate surface area is 209 Å². The van der Waals surface area contributed by atoms with Gasteiger partial charge in [-0.3, -0.25) is 14.4 Å². The van der Waals surface area contributed by atoms with Gasteiger partial charge in [0, 0.05) is 42.8 Å². The molecule has 1 aliphatic heterocycles. The first-order chi connectivity index (χ1) is 17.5. The van der Waals surface area contributed by atoms with Crippen LogP contribution in [0.3, 0.4) is 0 Å². The van der Waals surface area contributed by atoms with Gasteiger partial charge in [-0.05, 0) is 37.1 Å². The van der Waals surface area contributed by atoms with Crippen molar-refractivity contribution in [1.29, 1.82) is 0 Å². The van der Waals surface area contributed by atoms with Crippen LogP contribution in [0.4, 0.5) is 21.7 Å². The Hall–Kier alpha value is -3.28. The Morgan fingerprint density at radius 2 is 1.94 bits per heavy atom. The second-order valence-electron chi connectivity index (χ2n) is 9.50. The van der Waals surface area contributed by atoms with E-state index in [0.29, 0.717) is 5.69 Å². The fraction of sp³-hybridized carbons (Fsp3) is 0.480. The van der Waals surface area contributed by atoms with E-state index in [0.717, 1.165) is 82.0 Å². The molecule has 0 unspecified atom stereocenters. The highest BCUT2D eigenvalue weighted by Gasteiger charge is 2.24. The zero-order chi connectivity index (χ0) is 25.1. The minimum absolute atomic E-state index is 0.0210. The highest BCUT2D eigenvalue weighted by atomic mass is 19.1. The number of rotatable bonds is 8. The van der Waals surface area contributed by atoms with E-state index in [-0.39, 0.29) is 29.3 Å². The summed E-state index contributed by atoms with van der Waals surface area (Å²) in [6, 6.07) is 6.75. The SMILES string of the molecule is NC(=O)c1cc(F)c(N[C@@H]2CCCC[C@@H]2N)nc1Nc1ccc2c(cnn2CCN2CCOCC2)c1. The number of nitrogens with one attached hydrogen (secondary N) is 2. The van der Waals surface area contributed by atoms with Crippen LogP contribution in [-0.4, -0.2) is 70.5 Å². The molecule has 10 nitrogen and oxygen atoms in total. The Kier molecular flexibility index (Phi) is 7.30. The minimum atomic E-state index is -0.762. The Bertz CT molecular complexity index is 1230. The van der Waals surface area contributed by atoms with Crippen LogP contribution in [0.2, 0.25) is 0 Å². The van der Waals surface area contributed by atoms with Gasteiger partial charge < -0.3 is 26.8 Å². The number of carbonyl (C=O) groups excluding carboxylic acids is 1. The molecule has 2 aromatic heterocycles. The number of hydrogen-bond donors (Lipinski definition) is 4. The van der Waals surface area contributed by atoms with E-state index < -0.39 is 11.7 Å². The third-order valence-electron chi connectivity index (χ3n) is 7.02. The van der Waals surface area contributed by atoms with Gasteiger partial charge in [0.15, 0.2) is 11.6 Å². The zero-order valence-electron chi connectivity index (χ0n) is 20.3.